The molecule has 1 amide bonds. The maximum absolute atomic E-state index is 13.1. The van der Waals surface area contributed by atoms with E-state index in [4.69, 9.17) is 17.3 Å². The first-order valence-electron chi connectivity index (χ1n) is 4.91. The molecule has 0 saturated heterocycles. The van der Waals surface area contributed by atoms with Crippen molar-refractivity contribution >= 4 is 29.0 Å². The highest BCUT2D eigenvalue weighted by Gasteiger charge is 2.09. The molecule has 1 aromatic heterocycles. The van der Waals surface area contributed by atoms with Gasteiger partial charge in [-0.15, -0.1) is 10.2 Å². The van der Waals surface area contributed by atoms with Gasteiger partial charge in [0.15, 0.2) is 5.69 Å². The van der Waals surface area contributed by atoms with E-state index in [0.29, 0.717) is 0 Å². The summed E-state index contributed by atoms with van der Waals surface area (Å²) in [6, 6.07) is 6.57. The molecule has 7 heteroatoms. The van der Waals surface area contributed by atoms with E-state index in [1.807, 2.05) is 0 Å². The molecule has 1 heterocycles. The predicted molar refractivity (Wildman–Crippen MR) is 65.8 cm³/mol. The van der Waals surface area contributed by atoms with Crippen LogP contribution in [0, 0.1) is 5.82 Å². The van der Waals surface area contributed by atoms with Crippen LogP contribution in [0.1, 0.15) is 10.5 Å². The molecule has 0 saturated carbocycles. The molecular formula is C11H8ClFN4O. The molecule has 0 atom stereocenters. The van der Waals surface area contributed by atoms with E-state index >= 15 is 0 Å². The van der Waals surface area contributed by atoms with Gasteiger partial charge in [-0.2, -0.15) is 0 Å². The number of rotatable bonds is 2. The smallest absolute Gasteiger partial charge is 0.276 e. The molecule has 0 unspecified atom stereocenters. The summed E-state index contributed by atoms with van der Waals surface area (Å²) < 4.78 is 13.1. The highest BCUT2D eigenvalue weighted by atomic mass is 35.5. The van der Waals surface area contributed by atoms with Crippen LogP contribution < -0.4 is 11.1 Å². The number of nitrogen functional groups attached to an aromatic ring is 1. The number of hydrogen-bond donors (Lipinski definition) is 2. The van der Waals surface area contributed by atoms with E-state index in [0.717, 1.165) is 12.1 Å². The molecule has 0 aliphatic heterocycles. The van der Waals surface area contributed by atoms with E-state index in [9.17, 15) is 9.18 Å². The van der Waals surface area contributed by atoms with Gasteiger partial charge in [0, 0.05) is 10.7 Å². The minimum Gasteiger partial charge on any atom is -0.382 e. The number of carbonyl (C=O) groups excluding carboxylic acids is 1. The zero-order valence-electron chi connectivity index (χ0n) is 9.02. The molecule has 0 radical (unpaired) electrons. The standard InChI is InChI=1S/C11H8ClFN4O/c12-6-3-7(13)5-8(4-6)15-11(18)9-1-2-10(14)17-16-9/h1-5H,(H2,14,17)(H,15,18). The number of hydrogen-bond acceptors (Lipinski definition) is 4. The van der Waals surface area contributed by atoms with Crippen molar-refractivity contribution in [3.05, 3.63) is 46.9 Å². The Labute approximate surface area is 107 Å². The van der Waals surface area contributed by atoms with Crippen molar-refractivity contribution in [2.45, 2.75) is 0 Å². The lowest BCUT2D eigenvalue weighted by molar-refractivity contribution is 0.102. The highest BCUT2D eigenvalue weighted by Crippen LogP contribution is 2.18. The molecule has 3 N–H and O–H groups in total. The number of halogens is 2. The van der Waals surface area contributed by atoms with Gasteiger partial charge in [-0.05, 0) is 30.3 Å². The van der Waals surface area contributed by atoms with E-state index in [1.54, 1.807) is 0 Å². The third-order valence-corrected chi connectivity index (χ3v) is 2.26. The van der Waals surface area contributed by atoms with Crippen molar-refractivity contribution in [1.29, 1.82) is 0 Å². The minimum atomic E-state index is -0.541. The van der Waals surface area contributed by atoms with E-state index in [1.165, 1.54) is 18.2 Å². The Bertz CT molecular complexity index is 568. The Morgan fingerprint density at radius 3 is 2.67 bits per heavy atom. The van der Waals surface area contributed by atoms with Gasteiger partial charge in [0.05, 0.1) is 0 Å². The summed E-state index contributed by atoms with van der Waals surface area (Å²) in [4.78, 5) is 11.7. The van der Waals surface area contributed by atoms with Gasteiger partial charge in [0.2, 0.25) is 0 Å². The number of aromatic nitrogens is 2. The first-order chi connectivity index (χ1) is 8.54. The van der Waals surface area contributed by atoms with Gasteiger partial charge in [-0.3, -0.25) is 4.79 Å². The average Bonchev–Trinajstić information content (AvgIpc) is 2.28. The van der Waals surface area contributed by atoms with Crippen molar-refractivity contribution in [1.82, 2.24) is 10.2 Å². The molecule has 18 heavy (non-hydrogen) atoms. The van der Waals surface area contributed by atoms with Gasteiger partial charge in [0.1, 0.15) is 11.6 Å². The second kappa shape index (κ2) is 4.97. The van der Waals surface area contributed by atoms with Crippen LogP contribution in [0.5, 0.6) is 0 Å². The predicted octanol–water partition coefficient (Wildman–Crippen LogP) is 2.10. The van der Waals surface area contributed by atoms with Gasteiger partial charge in [-0.1, -0.05) is 11.6 Å². The van der Waals surface area contributed by atoms with Crippen LogP contribution in [0.4, 0.5) is 15.9 Å². The third kappa shape index (κ3) is 2.92. The first kappa shape index (κ1) is 12.3. The number of amides is 1. The van der Waals surface area contributed by atoms with E-state index in [2.05, 4.69) is 15.5 Å². The molecular weight excluding hydrogens is 259 g/mol. The molecule has 92 valence electrons. The molecule has 0 bridgehead atoms. The average molecular weight is 267 g/mol. The summed E-state index contributed by atoms with van der Waals surface area (Å²) in [5.41, 5.74) is 5.66. The summed E-state index contributed by atoms with van der Waals surface area (Å²) in [7, 11) is 0. The van der Waals surface area contributed by atoms with Crippen molar-refractivity contribution in [2.24, 2.45) is 0 Å². The summed E-state index contributed by atoms with van der Waals surface area (Å²) in [6.07, 6.45) is 0. The van der Waals surface area contributed by atoms with E-state index in [-0.39, 0.29) is 22.2 Å². The number of nitrogens with two attached hydrogens (primary N) is 1. The molecule has 1 aromatic carbocycles. The largest absolute Gasteiger partial charge is 0.382 e. The zero-order valence-corrected chi connectivity index (χ0v) is 9.78. The summed E-state index contributed by atoms with van der Waals surface area (Å²) in [5, 5.41) is 9.79. The fourth-order valence-electron chi connectivity index (χ4n) is 1.28. The Kier molecular flexibility index (Phi) is 3.38. The van der Waals surface area contributed by atoms with Gasteiger partial charge in [-0.25, -0.2) is 4.39 Å². The maximum atomic E-state index is 13.1. The fraction of sp³-hybridized carbons (Fsp3) is 0. The third-order valence-electron chi connectivity index (χ3n) is 2.04. The van der Waals surface area contributed by atoms with Crippen LogP contribution in [0.15, 0.2) is 30.3 Å². The number of carbonyl (C=O) groups is 1. The Morgan fingerprint density at radius 1 is 1.28 bits per heavy atom. The van der Waals surface area contributed by atoms with Crippen molar-refractivity contribution in [3.63, 3.8) is 0 Å². The number of nitrogens with zero attached hydrogens (tertiary/aromatic N) is 2. The second-order valence-corrected chi connectivity index (χ2v) is 3.89. The number of anilines is 2. The molecule has 2 aromatic rings. The number of benzene rings is 1. The van der Waals surface area contributed by atoms with Crippen molar-refractivity contribution in [3.8, 4) is 0 Å². The second-order valence-electron chi connectivity index (χ2n) is 3.46. The molecule has 0 aliphatic carbocycles. The molecule has 5 nitrogen and oxygen atoms in total. The highest BCUT2D eigenvalue weighted by molar-refractivity contribution is 6.31. The van der Waals surface area contributed by atoms with Crippen molar-refractivity contribution < 1.29 is 9.18 Å². The Hall–Kier alpha value is -2.21. The van der Waals surface area contributed by atoms with Crippen molar-refractivity contribution in [2.75, 3.05) is 11.1 Å². The van der Waals surface area contributed by atoms with E-state index < -0.39 is 11.7 Å². The quantitative estimate of drug-likeness (QED) is 0.872. The summed E-state index contributed by atoms with van der Waals surface area (Å²) in [5.74, 6) is -0.856. The monoisotopic (exact) mass is 266 g/mol. The normalized spacial score (nSPS) is 10.1. The van der Waals surface area contributed by atoms with Gasteiger partial charge >= 0.3 is 0 Å². The SMILES string of the molecule is Nc1ccc(C(=O)Nc2cc(F)cc(Cl)c2)nn1. The van der Waals surface area contributed by atoms with Gasteiger partial charge in [0.25, 0.3) is 5.91 Å². The molecule has 0 spiro atoms. The molecule has 0 aliphatic rings. The topological polar surface area (TPSA) is 80.9 Å². The van der Waals surface area contributed by atoms with Crippen LogP contribution in [0.3, 0.4) is 0 Å². The molecule has 0 fully saturated rings. The summed E-state index contributed by atoms with van der Waals surface area (Å²) in [6.45, 7) is 0. The lowest BCUT2D eigenvalue weighted by Gasteiger charge is -2.05. The zero-order chi connectivity index (χ0) is 13.1. The van der Waals surface area contributed by atoms with Gasteiger partial charge < -0.3 is 11.1 Å². The Balaban J connectivity index is 2.18. The van der Waals surface area contributed by atoms with Crippen LogP contribution in [-0.4, -0.2) is 16.1 Å². The van der Waals surface area contributed by atoms with Crippen LogP contribution >= 0.6 is 11.6 Å². The van der Waals surface area contributed by atoms with Crippen LogP contribution in [-0.2, 0) is 0 Å². The van der Waals surface area contributed by atoms with Crippen LogP contribution in [0.2, 0.25) is 5.02 Å². The first-order valence-corrected chi connectivity index (χ1v) is 5.29. The minimum absolute atomic E-state index is 0.0737. The Morgan fingerprint density at radius 2 is 2.06 bits per heavy atom. The fourth-order valence-corrected chi connectivity index (χ4v) is 1.51. The maximum Gasteiger partial charge on any atom is 0.276 e. The lowest BCUT2D eigenvalue weighted by Crippen LogP contribution is -2.14. The molecule has 2 rings (SSSR count). The lowest BCUT2D eigenvalue weighted by atomic mass is 10.3. The summed E-state index contributed by atoms with van der Waals surface area (Å²) >= 11 is 5.66. The van der Waals surface area contributed by atoms with Crippen LogP contribution in [0.25, 0.3) is 0 Å². The number of nitrogens with one attached hydrogen (secondary N) is 1.